The van der Waals surface area contributed by atoms with E-state index in [-0.39, 0.29) is 6.04 Å². The van der Waals surface area contributed by atoms with Crippen molar-refractivity contribution in [3.05, 3.63) is 22.4 Å². The van der Waals surface area contributed by atoms with E-state index >= 15 is 0 Å². The van der Waals surface area contributed by atoms with Crippen LogP contribution in [0.4, 0.5) is 0 Å². The maximum Gasteiger partial charge on any atom is 0.279 e. The summed E-state index contributed by atoms with van der Waals surface area (Å²) < 4.78 is 28.7. The maximum absolute atomic E-state index is 12.2. The van der Waals surface area contributed by atoms with Crippen molar-refractivity contribution in [1.29, 1.82) is 0 Å². The van der Waals surface area contributed by atoms with Crippen molar-refractivity contribution in [2.24, 2.45) is 5.73 Å². The molecule has 5 nitrogen and oxygen atoms in total. The predicted molar refractivity (Wildman–Crippen MR) is 78.3 cm³/mol. The Labute approximate surface area is 119 Å². The van der Waals surface area contributed by atoms with Crippen LogP contribution < -0.4 is 10.5 Å². The molecule has 0 amide bonds. The lowest BCUT2D eigenvalue weighted by Crippen LogP contribution is -2.51. The van der Waals surface area contributed by atoms with Crippen molar-refractivity contribution in [2.45, 2.75) is 31.7 Å². The molecule has 7 heteroatoms. The molecular formula is C12H21N3O2S2. The monoisotopic (exact) mass is 303 g/mol. The number of rotatable bonds is 6. The Hall–Kier alpha value is -0.470. The van der Waals surface area contributed by atoms with Gasteiger partial charge in [0.1, 0.15) is 0 Å². The second-order valence-electron chi connectivity index (χ2n) is 4.78. The molecule has 108 valence electrons. The number of nitrogens with one attached hydrogen (secondary N) is 1. The van der Waals surface area contributed by atoms with E-state index in [1.807, 2.05) is 16.8 Å². The van der Waals surface area contributed by atoms with Gasteiger partial charge in [0.15, 0.2) is 0 Å². The first-order valence-electron chi connectivity index (χ1n) is 6.61. The van der Waals surface area contributed by atoms with Gasteiger partial charge in [-0.1, -0.05) is 6.42 Å². The summed E-state index contributed by atoms with van der Waals surface area (Å²) in [5.41, 5.74) is 6.83. The highest BCUT2D eigenvalue weighted by Gasteiger charge is 2.30. The van der Waals surface area contributed by atoms with E-state index in [9.17, 15) is 8.42 Å². The number of nitrogens with two attached hydrogens (primary N) is 1. The SMILES string of the molecule is NCC1CCCCN1S(=O)(=O)NCCc1ccsc1. The number of nitrogens with zero attached hydrogens (tertiary/aromatic N) is 1. The van der Waals surface area contributed by atoms with Crippen molar-refractivity contribution in [3.8, 4) is 0 Å². The first kappa shape index (κ1) is 14.9. The molecule has 1 aromatic heterocycles. The highest BCUT2D eigenvalue weighted by molar-refractivity contribution is 7.87. The molecule has 2 rings (SSSR count). The molecule has 0 saturated carbocycles. The van der Waals surface area contributed by atoms with Gasteiger partial charge >= 0.3 is 0 Å². The van der Waals surface area contributed by atoms with Gasteiger partial charge in [0.25, 0.3) is 10.2 Å². The molecule has 1 saturated heterocycles. The van der Waals surface area contributed by atoms with E-state index in [1.165, 1.54) is 9.87 Å². The van der Waals surface area contributed by atoms with Crippen molar-refractivity contribution in [1.82, 2.24) is 9.03 Å². The van der Waals surface area contributed by atoms with Crippen molar-refractivity contribution >= 4 is 21.5 Å². The minimum atomic E-state index is -3.39. The minimum absolute atomic E-state index is 0.0487. The van der Waals surface area contributed by atoms with Crippen LogP contribution in [0.1, 0.15) is 24.8 Å². The first-order valence-corrected chi connectivity index (χ1v) is 8.99. The summed E-state index contributed by atoms with van der Waals surface area (Å²) in [5.74, 6) is 0. The van der Waals surface area contributed by atoms with Crippen LogP contribution in [0.15, 0.2) is 16.8 Å². The van der Waals surface area contributed by atoms with Gasteiger partial charge in [-0.2, -0.15) is 24.1 Å². The van der Waals surface area contributed by atoms with Gasteiger partial charge in [-0.3, -0.25) is 0 Å². The molecule has 3 N–H and O–H groups in total. The highest BCUT2D eigenvalue weighted by atomic mass is 32.2. The Balaban J connectivity index is 1.89. The van der Waals surface area contributed by atoms with Crippen LogP contribution >= 0.6 is 11.3 Å². The van der Waals surface area contributed by atoms with Gasteiger partial charge in [0.2, 0.25) is 0 Å². The van der Waals surface area contributed by atoms with Crippen LogP contribution in [-0.4, -0.2) is 38.4 Å². The molecule has 0 radical (unpaired) electrons. The zero-order valence-corrected chi connectivity index (χ0v) is 12.5. The van der Waals surface area contributed by atoms with Crippen LogP contribution in [0.3, 0.4) is 0 Å². The van der Waals surface area contributed by atoms with Gasteiger partial charge in [-0.15, -0.1) is 0 Å². The van der Waals surface area contributed by atoms with E-state index in [2.05, 4.69) is 4.72 Å². The lowest BCUT2D eigenvalue weighted by molar-refractivity contribution is 0.254. The summed E-state index contributed by atoms with van der Waals surface area (Å²) in [6, 6.07) is 1.97. The standard InChI is InChI=1S/C12H21N3O2S2/c13-9-12-3-1-2-7-15(12)19(16,17)14-6-4-11-5-8-18-10-11/h5,8,10,12,14H,1-4,6-7,9,13H2. The summed E-state index contributed by atoms with van der Waals surface area (Å²) in [4.78, 5) is 0. The Kier molecular flexibility index (Phi) is 5.35. The molecule has 0 aliphatic carbocycles. The van der Waals surface area contributed by atoms with Crippen molar-refractivity contribution in [3.63, 3.8) is 0 Å². The second kappa shape index (κ2) is 6.81. The van der Waals surface area contributed by atoms with Crippen LogP contribution in [0.2, 0.25) is 0 Å². The van der Waals surface area contributed by atoms with Gasteiger partial charge in [0, 0.05) is 25.7 Å². The lowest BCUT2D eigenvalue weighted by atomic mass is 10.1. The first-order chi connectivity index (χ1) is 9.13. The third kappa shape index (κ3) is 4.00. The molecule has 2 heterocycles. The van der Waals surface area contributed by atoms with E-state index in [4.69, 9.17) is 5.73 Å². The average Bonchev–Trinajstić information content (AvgIpc) is 2.91. The largest absolute Gasteiger partial charge is 0.329 e. The molecule has 0 spiro atoms. The number of thiophene rings is 1. The highest BCUT2D eigenvalue weighted by Crippen LogP contribution is 2.18. The molecule has 1 atom stereocenters. The molecule has 0 bridgehead atoms. The molecule has 0 aromatic carbocycles. The molecule has 1 aromatic rings. The normalized spacial score (nSPS) is 21.6. The van der Waals surface area contributed by atoms with Gasteiger partial charge < -0.3 is 5.73 Å². The topological polar surface area (TPSA) is 75.4 Å². The zero-order valence-electron chi connectivity index (χ0n) is 10.9. The fourth-order valence-electron chi connectivity index (χ4n) is 2.37. The van der Waals surface area contributed by atoms with Gasteiger partial charge in [-0.05, 0) is 41.7 Å². The van der Waals surface area contributed by atoms with E-state index in [0.717, 1.165) is 25.7 Å². The zero-order chi connectivity index (χ0) is 13.7. The predicted octanol–water partition coefficient (Wildman–Crippen LogP) is 0.938. The number of piperidine rings is 1. The Morgan fingerprint density at radius 2 is 2.32 bits per heavy atom. The van der Waals surface area contributed by atoms with Crippen molar-refractivity contribution < 1.29 is 8.42 Å². The fraction of sp³-hybridized carbons (Fsp3) is 0.667. The summed E-state index contributed by atoms with van der Waals surface area (Å²) in [5, 5.41) is 4.04. The summed E-state index contributed by atoms with van der Waals surface area (Å²) in [6.07, 6.45) is 3.57. The number of hydrogen-bond acceptors (Lipinski definition) is 4. The fourth-order valence-corrected chi connectivity index (χ4v) is 4.55. The summed E-state index contributed by atoms with van der Waals surface area (Å²) in [6.45, 7) is 1.41. The van der Waals surface area contributed by atoms with Gasteiger partial charge in [0.05, 0.1) is 0 Å². The lowest BCUT2D eigenvalue weighted by Gasteiger charge is -2.33. The molecule has 1 aliphatic rings. The Morgan fingerprint density at radius 1 is 1.47 bits per heavy atom. The second-order valence-corrected chi connectivity index (χ2v) is 7.26. The molecule has 1 unspecified atom stereocenters. The van der Waals surface area contributed by atoms with Crippen LogP contribution in [0.5, 0.6) is 0 Å². The maximum atomic E-state index is 12.2. The van der Waals surface area contributed by atoms with Crippen molar-refractivity contribution in [2.75, 3.05) is 19.6 Å². The summed E-state index contributed by atoms with van der Waals surface area (Å²) >= 11 is 1.63. The summed E-state index contributed by atoms with van der Waals surface area (Å²) in [7, 11) is -3.39. The smallest absolute Gasteiger partial charge is 0.279 e. The minimum Gasteiger partial charge on any atom is -0.329 e. The van der Waals surface area contributed by atoms with E-state index in [0.29, 0.717) is 19.6 Å². The molecule has 1 aliphatic heterocycles. The van der Waals surface area contributed by atoms with E-state index in [1.54, 1.807) is 11.3 Å². The van der Waals surface area contributed by atoms with Crippen LogP contribution in [-0.2, 0) is 16.6 Å². The van der Waals surface area contributed by atoms with Gasteiger partial charge in [-0.25, -0.2) is 4.72 Å². The van der Waals surface area contributed by atoms with E-state index < -0.39 is 10.2 Å². The third-order valence-corrected chi connectivity index (χ3v) is 5.83. The quantitative estimate of drug-likeness (QED) is 0.821. The molecule has 19 heavy (non-hydrogen) atoms. The third-order valence-electron chi connectivity index (χ3n) is 3.43. The molecule has 1 fully saturated rings. The molecular weight excluding hydrogens is 282 g/mol. The average molecular weight is 303 g/mol. The van der Waals surface area contributed by atoms with Crippen LogP contribution in [0.25, 0.3) is 0 Å². The van der Waals surface area contributed by atoms with Crippen LogP contribution in [0, 0.1) is 0 Å². The number of hydrogen-bond donors (Lipinski definition) is 2. The Bertz CT molecular complexity index is 473. The Morgan fingerprint density at radius 3 is 3.00 bits per heavy atom.